The van der Waals surface area contributed by atoms with E-state index in [1.807, 2.05) is 6.07 Å². The average Bonchev–Trinajstić information content (AvgIpc) is 2.07. The third kappa shape index (κ3) is 2.36. The monoisotopic (exact) mass is 269 g/mol. The Hall–Kier alpha value is -0.500. The standard InChI is InChI=1S/C13H20BrN/c1-12(2,3)13(4,5)9-6-7-11(15)10(14)8-9/h6-8H,15H2,1-5H3. The molecule has 0 aromatic heterocycles. The quantitative estimate of drug-likeness (QED) is 0.754. The Bertz CT molecular complexity index is 361. The predicted molar refractivity (Wildman–Crippen MR) is 71.0 cm³/mol. The maximum Gasteiger partial charge on any atom is 0.0458 e. The summed E-state index contributed by atoms with van der Waals surface area (Å²) in [6, 6.07) is 6.21. The maximum absolute atomic E-state index is 5.79. The Labute approximate surface area is 101 Å². The molecule has 0 saturated carbocycles. The second kappa shape index (κ2) is 3.82. The molecule has 1 aromatic rings. The number of anilines is 1. The van der Waals surface area contributed by atoms with Crippen molar-refractivity contribution in [3.8, 4) is 0 Å². The third-order valence-corrected chi connectivity index (χ3v) is 4.28. The highest BCUT2D eigenvalue weighted by molar-refractivity contribution is 9.10. The van der Waals surface area contributed by atoms with Crippen LogP contribution in [0.4, 0.5) is 5.69 Å². The summed E-state index contributed by atoms with van der Waals surface area (Å²) >= 11 is 3.48. The number of nitrogens with two attached hydrogens (primary N) is 1. The van der Waals surface area contributed by atoms with Crippen molar-refractivity contribution >= 4 is 21.6 Å². The third-order valence-electron chi connectivity index (χ3n) is 3.60. The zero-order valence-electron chi connectivity index (χ0n) is 10.2. The molecule has 0 unspecified atom stereocenters. The molecule has 84 valence electrons. The molecule has 1 nitrogen and oxygen atoms in total. The van der Waals surface area contributed by atoms with Crippen LogP contribution in [-0.2, 0) is 5.41 Å². The van der Waals surface area contributed by atoms with Crippen LogP contribution >= 0.6 is 15.9 Å². The largest absolute Gasteiger partial charge is 0.398 e. The van der Waals surface area contributed by atoms with Crippen LogP contribution < -0.4 is 5.73 Å². The summed E-state index contributed by atoms with van der Waals surface area (Å²) < 4.78 is 0.984. The maximum atomic E-state index is 5.79. The molecule has 0 heterocycles. The number of benzene rings is 1. The van der Waals surface area contributed by atoms with E-state index in [2.05, 4.69) is 62.7 Å². The Balaban J connectivity index is 3.22. The van der Waals surface area contributed by atoms with Crippen molar-refractivity contribution in [1.82, 2.24) is 0 Å². The molecule has 0 bridgehead atoms. The predicted octanol–water partition coefficient (Wildman–Crippen LogP) is 4.36. The lowest BCUT2D eigenvalue weighted by molar-refractivity contribution is 0.225. The van der Waals surface area contributed by atoms with Gasteiger partial charge in [-0.25, -0.2) is 0 Å². The van der Waals surface area contributed by atoms with Crippen molar-refractivity contribution in [3.63, 3.8) is 0 Å². The van der Waals surface area contributed by atoms with Crippen LogP contribution in [0.5, 0.6) is 0 Å². The highest BCUT2D eigenvalue weighted by Crippen LogP contribution is 2.42. The molecule has 1 rings (SSSR count). The van der Waals surface area contributed by atoms with Crippen LogP contribution in [0.15, 0.2) is 22.7 Å². The number of hydrogen-bond acceptors (Lipinski definition) is 1. The van der Waals surface area contributed by atoms with Crippen LogP contribution in [0.1, 0.15) is 40.2 Å². The number of hydrogen-bond donors (Lipinski definition) is 1. The van der Waals surface area contributed by atoms with E-state index in [-0.39, 0.29) is 10.8 Å². The molecular formula is C13H20BrN. The van der Waals surface area contributed by atoms with Crippen molar-refractivity contribution in [2.75, 3.05) is 5.73 Å². The summed E-state index contributed by atoms with van der Waals surface area (Å²) in [5.74, 6) is 0. The van der Waals surface area contributed by atoms with Crippen molar-refractivity contribution in [2.24, 2.45) is 5.41 Å². The first kappa shape index (κ1) is 12.6. The van der Waals surface area contributed by atoms with Gasteiger partial charge in [0.25, 0.3) is 0 Å². The molecule has 0 aliphatic rings. The number of nitrogen functional groups attached to an aromatic ring is 1. The molecule has 0 spiro atoms. The zero-order valence-corrected chi connectivity index (χ0v) is 11.8. The summed E-state index contributed by atoms with van der Waals surface area (Å²) in [4.78, 5) is 0. The first-order valence-electron chi connectivity index (χ1n) is 5.22. The number of rotatable bonds is 1. The van der Waals surface area contributed by atoms with Crippen molar-refractivity contribution in [2.45, 2.75) is 40.0 Å². The molecular weight excluding hydrogens is 250 g/mol. The summed E-state index contributed by atoms with van der Waals surface area (Å²) in [6.07, 6.45) is 0. The number of halogens is 1. The molecule has 0 amide bonds. The highest BCUT2D eigenvalue weighted by atomic mass is 79.9. The van der Waals surface area contributed by atoms with Gasteiger partial charge in [-0.1, -0.05) is 40.7 Å². The van der Waals surface area contributed by atoms with E-state index in [4.69, 9.17) is 5.73 Å². The van der Waals surface area contributed by atoms with Crippen molar-refractivity contribution in [3.05, 3.63) is 28.2 Å². The van der Waals surface area contributed by atoms with Crippen LogP contribution in [-0.4, -0.2) is 0 Å². The van der Waals surface area contributed by atoms with Gasteiger partial charge in [-0.15, -0.1) is 0 Å². The lowest BCUT2D eigenvalue weighted by Crippen LogP contribution is -2.33. The van der Waals surface area contributed by atoms with E-state index < -0.39 is 0 Å². The van der Waals surface area contributed by atoms with Gasteiger partial charge in [-0.2, -0.15) is 0 Å². The van der Waals surface area contributed by atoms with Gasteiger partial charge < -0.3 is 5.73 Å². The fourth-order valence-corrected chi connectivity index (χ4v) is 1.73. The van der Waals surface area contributed by atoms with Crippen LogP contribution in [0.3, 0.4) is 0 Å². The average molecular weight is 270 g/mol. The van der Waals surface area contributed by atoms with E-state index in [9.17, 15) is 0 Å². The van der Waals surface area contributed by atoms with E-state index in [0.717, 1.165) is 10.2 Å². The minimum Gasteiger partial charge on any atom is -0.398 e. The van der Waals surface area contributed by atoms with E-state index in [0.29, 0.717) is 0 Å². The second-order valence-corrected chi connectivity index (χ2v) is 6.47. The minimum atomic E-state index is 0.128. The summed E-state index contributed by atoms with van der Waals surface area (Å²) in [6.45, 7) is 11.3. The van der Waals surface area contributed by atoms with Crippen molar-refractivity contribution in [1.29, 1.82) is 0 Å². The molecule has 0 fully saturated rings. The molecule has 2 heteroatoms. The zero-order chi connectivity index (χ0) is 11.9. The highest BCUT2D eigenvalue weighted by Gasteiger charge is 2.34. The van der Waals surface area contributed by atoms with E-state index >= 15 is 0 Å². The molecule has 2 N–H and O–H groups in total. The Kier molecular flexibility index (Phi) is 3.20. The summed E-state index contributed by atoms with van der Waals surface area (Å²) in [5, 5.41) is 0. The van der Waals surface area contributed by atoms with Crippen LogP contribution in [0.2, 0.25) is 0 Å². The molecule has 0 saturated heterocycles. The Morgan fingerprint density at radius 2 is 1.60 bits per heavy atom. The first-order chi connectivity index (χ1) is 6.66. The molecule has 1 aromatic carbocycles. The van der Waals surface area contributed by atoms with Gasteiger partial charge in [0.2, 0.25) is 0 Å². The molecule has 0 atom stereocenters. The van der Waals surface area contributed by atoms with Gasteiger partial charge in [-0.05, 0) is 44.5 Å². The van der Waals surface area contributed by atoms with Gasteiger partial charge in [-0.3, -0.25) is 0 Å². The van der Waals surface area contributed by atoms with Crippen LogP contribution in [0, 0.1) is 5.41 Å². The summed E-state index contributed by atoms with van der Waals surface area (Å²) in [7, 11) is 0. The fraction of sp³-hybridized carbons (Fsp3) is 0.538. The van der Waals surface area contributed by atoms with Crippen molar-refractivity contribution < 1.29 is 0 Å². The van der Waals surface area contributed by atoms with E-state index in [1.54, 1.807) is 0 Å². The molecule has 0 aliphatic carbocycles. The van der Waals surface area contributed by atoms with E-state index in [1.165, 1.54) is 5.56 Å². The lowest BCUT2D eigenvalue weighted by atomic mass is 9.65. The topological polar surface area (TPSA) is 26.0 Å². The van der Waals surface area contributed by atoms with Gasteiger partial charge in [0.05, 0.1) is 0 Å². The van der Waals surface area contributed by atoms with Gasteiger partial charge in [0, 0.05) is 10.2 Å². The molecule has 0 radical (unpaired) electrons. The van der Waals surface area contributed by atoms with Gasteiger partial charge in [0.1, 0.15) is 0 Å². The SMILES string of the molecule is CC(C)(C)C(C)(C)c1ccc(N)c(Br)c1. The fourth-order valence-electron chi connectivity index (χ4n) is 1.35. The molecule has 0 aliphatic heterocycles. The second-order valence-electron chi connectivity index (χ2n) is 5.61. The lowest BCUT2D eigenvalue weighted by Gasteiger charge is -2.39. The molecule has 15 heavy (non-hydrogen) atoms. The first-order valence-corrected chi connectivity index (χ1v) is 6.01. The normalized spacial score (nSPS) is 12.9. The Morgan fingerprint density at radius 1 is 1.07 bits per heavy atom. The van der Waals surface area contributed by atoms with Crippen LogP contribution in [0.25, 0.3) is 0 Å². The Morgan fingerprint density at radius 3 is 2.00 bits per heavy atom. The smallest absolute Gasteiger partial charge is 0.0458 e. The van der Waals surface area contributed by atoms with Gasteiger partial charge in [0.15, 0.2) is 0 Å². The van der Waals surface area contributed by atoms with Gasteiger partial charge >= 0.3 is 0 Å². The minimum absolute atomic E-state index is 0.128. The summed E-state index contributed by atoms with van der Waals surface area (Å²) in [5.41, 5.74) is 8.26.